The van der Waals surface area contributed by atoms with Crippen molar-refractivity contribution in [3.63, 3.8) is 0 Å². The van der Waals surface area contributed by atoms with Crippen LogP contribution in [0.15, 0.2) is 24.3 Å². The Morgan fingerprint density at radius 1 is 1.48 bits per heavy atom. The summed E-state index contributed by atoms with van der Waals surface area (Å²) in [6, 6.07) is 9.19. The molecular weight excluding hydrogens is 268 g/mol. The minimum absolute atomic E-state index is 0.0148. The van der Waals surface area contributed by atoms with Crippen LogP contribution in [0.5, 0.6) is 0 Å². The molecule has 5 heteroatoms. The Labute approximate surface area is 124 Å². The average molecular weight is 288 g/mol. The first kappa shape index (κ1) is 15.5. The number of likely N-dealkylation sites (tertiary alicyclic amines) is 1. The molecule has 112 valence electrons. The van der Waals surface area contributed by atoms with Crippen molar-refractivity contribution in [2.75, 3.05) is 20.3 Å². The number of nitriles is 1. The standard InChI is InChI=1S/C16H20N2O3/c1-21-15-8-14(11-19)18(10-15)16(20)7-6-12-2-4-13(9-17)5-3-12/h2-5,14-15,19H,6-8,10-11H2,1H3/t14-,15-/m0/s1. The van der Waals surface area contributed by atoms with E-state index in [0.717, 1.165) is 5.56 Å². The van der Waals surface area contributed by atoms with Crippen LogP contribution in [0.3, 0.4) is 0 Å². The second-order valence-electron chi connectivity index (χ2n) is 5.28. The number of hydrogen-bond acceptors (Lipinski definition) is 4. The summed E-state index contributed by atoms with van der Waals surface area (Å²) < 4.78 is 5.28. The molecule has 2 atom stereocenters. The van der Waals surface area contributed by atoms with Crippen molar-refractivity contribution in [2.45, 2.75) is 31.4 Å². The van der Waals surface area contributed by atoms with Gasteiger partial charge in [-0.25, -0.2) is 0 Å². The highest BCUT2D eigenvalue weighted by molar-refractivity contribution is 5.77. The van der Waals surface area contributed by atoms with Crippen molar-refractivity contribution >= 4 is 5.91 Å². The van der Waals surface area contributed by atoms with Gasteiger partial charge in [-0.15, -0.1) is 0 Å². The molecule has 21 heavy (non-hydrogen) atoms. The minimum atomic E-state index is -0.136. The number of methoxy groups -OCH3 is 1. The Morgan fingerprint density at radius 2 is 2.19 bits per heavy atom. The summed E-state index contributed by atoms with van der Waals surface area (Å²) in [7, 11) is 1.63. The van der Waals surface area contributed by atoms with Crippen molar-refractivity contribution < 1.29 is 14.6 Å². The zero-order valence-corrected chi connectivity index (χ0v) is 12.2. The van der Waals surface area contributed by atoms with Crippen LogP contribution in [0.2, 0.25) is 0 Å². The lowest BCUT2D eigenvalue weighted by atomic mass is 10.1. The van der Waals surface area contributed by atoms with Crippen molar-refractivity contribution in [1.29, 1.82) is 5.26 Å². The van der Waals surface area contributed by atoms with E-state index in [0.29, 0.717) is 31.4 Å². The molecule has 1 aliphatic heterocycles. The molecule has 0 bridgehead atoms. The number of amides is 1. The fourth-order valence-corrected chi connectivity index (χ4v) is 2.66. The number of carbonyl (C=O) groups is 1. The lowest BCUT2D eigenvalue weighted by Gasteiger charge is -2.22. The minimum Gasteiger partial charge on any atom is -0.394 e. The van der Waals surface area contributed by atoms with Crippen LogP contribution >= 0.6 is 0 Å². The predicted octanol–water partition coefficient (Wildman–Crippen LogP) is 1.10. The highest BCUT2D eigenvalue weighted by Crippen LogP contribution is 2.21. The third kappa shape index (κ3) is 3.81. The van der Waals surface area contributed by atoms with Gasteiger partial charge >= 0.3 is 0 Å². The quantitative estimate of drug-likeness (QED) is 0.880. The van der Waals surface area contributed by atoms with Crippen LogP contribution in [-0.2, 0) is 16.0 Å². The number of aliphatic hydroxyl groups is 1. The summed E-state index contributed by atoms with van der Waals surface area (Å²) in [5, 5.41) is 18.1. The van der Waals surface area contributed by atoms with Gasteiger partial charge in [-0.05, 0) is 30.5 Å². The second-order valence-corrected chi connectivity index (χ2v) is 5.28. The number of aryl methyl sites for hydroxylation is 1. The van der Waals surface area contributed by atoms with Crippen LogP contribution in [0, 0.1) is 11.3 Å². The molecule has 1 heterocycles. The van der Waals surface area contributed by atoms with Crippen molar-refractivity contribution in [1.82, 2.24) is 4.90 Å². The van der Waals surface area contributed by atoms with Gasteiger partial charge in [0, 0.05) is 20.1 Å². The average Bonchev–Trinajstić information content (AvgIpc) is 2.96. The molecule has 1 aliphatic rings. The molecular formula is C16H20N2O3. The molecule has 0 saturated carbocycles. The smallest absolute Gasteiger partial charge is 0.223 e. The largest absolute Gasteiger partial charge is 0.394 e. The van der Waals surface area contributed by atoms with Crippen LogP contribution in [0.4, 0.5) is 0 Å². The second kappa shape index (κ2) is 7.21. The number of benzene rings is 1. The molecule has 0 aromatic heterocycles. The van der Waals surface area contributed by atoms with E-state index < -0.39 is 0 Å². The van der Waals surface area contributed by atoms with Crippen LogP contribution in [0.25, 0.3) is 0 Å². The van der Waals surface area contributed by atoms with Gasteiger partial charge in [-0.3, -0.25) is 4.79 Å². The molecule has 0 aliphatic carbocycles. The summed E-state index contributed by atoms with van der Waals surface area (Å²) in [6.45, 7) is 0.524. The summed E-state index contributed by atoms with van der Waals surface area (Å²) in [6.07, 6.45) is 1.74. The zero-order valence-electron chi connectivity index (χ0n) is 12.2. The third-order valence-electron chi connectivity index (χ3n) is 3.95. The molecule has 0 unspecified atom stereocenters. The topological polar surface area (TPSA) is 73.6 Å². The number of carbonyl (C=O) groups excluding carboxylic acids is 1. The van der Waals surface area contributed by atoms with E-state index >= 15 is 0 Å². The number of nitrogens with zero attached hydrogens (tertiary/aromatic N) is 2. The first-order valence-corrected chi connectivity index (χ1v) is 7.10. The molecule has 1 saturated heterocycles. The Morgan fingerprint density at radius 3 is 2.76 bits per heavy atom. The van der Waals surface area contributed by atoms with E-state index in [1.807, 2.05) is 12.1 Å². The first-order valence-electron chi connectivity index (χ1n) is 7.10. The normalized spacial score (nSPS) is 21.3. The van der Waals surface area contributed by atoms with Gasteiger partial charge in [-0.1, -0.05) is 12.1 Å². The van der Waals surface area contributed by atoms with Crippen LogP contribution in [0.1, 0.15) is 24.0 Å². The first-order chi connectivity index (χ1) is 10.2. The SMILES string of the molecule is CO[C@H]1C[C@@H](CO)N(C(=O)CCc2ccc(C#N)cc2)C1. The molecule has 1 fully saturated rings. The van der Waals surface area contributed by atoms with Gasteiger partial charge in [0.25, 0.3) is 0 Å². The summed E-state index contributed by atoms with van der Waals surface area (Å²) in [5.41, 5.74) is 1.65. The Kier molecular flexibility index (Phi) is 5.32. The van der Waals surface area contributed by atoms with Crippen molar-refractivity contribution in [3.05, 3.63) is 35.4 Å². The molecule has 1 aromatic carbocycles. The van der Waals surface area contributed by atoms with E-state index in [1.165, 1.54) is 0 Å². The highest BCUT2D eigenvalue weighted by atomic mass is 16.5. The van der Waals surface area contributed by atoms with Gasteiger partial charge in [0.05, 0.1) is 30.4 Å². The fourth-order valence-electron chi connectivity index (χ4n) is 2.66. The molecule has 1 amide bonds. The maximum atomic E-state index is 12.3. The zero-order chi connectivity index (χ0) is 15.2. The van der Waals surface area contributed by atoms with Crippen molar-refractivity contribution in [2.24, 2.45) is 0 Å². The molecule has 5 nitrogen and oxygen atoms in total. The molecule has 1 aromatic rings. The Bertz CT molecular complexity index is 521. The van der Waals surface area contributed by atoms with E-state index in [4.69, 9.17) is 10.00 Å². The predicted molar refractivity (Wildman–Crippen MR) is 77.5 cm³/mol. The van der Waals surface area contributed by atoms with Gasteiger partial charge in [-0.2, -0.15) is 5.26 Å². The monoisotopic (exact) mass is 288 g/mol. The number of aliphatic hydroxyl groups excluding tert-OH is 1. The lowest BCUT2D eigenvalue weighted by Crippen LogP contribution is -2.38. The van der Waals surface area contributed by atoms with Gasteiger partial charge in [0.15, 0.2) is 0 Å². The molecule has 0 spiro atoms. The summed E-state index contributed by atoms with van der Waals surface area (Å²) in [4.78, 5) is 14.0. The number of ether oxygens (including phenoxy) is 1. The summed E-state index contributed by atoms with van der Waals surface area (Å²) >= 11 is 0. The Hall–Kier alpha value is -1.90. The maximum Gasteiger partial charge on any atom is 0.223 e. The maximum absolute atomic E-state index is 12.3. The molecule has 2 rings (SSSR count). The third-order valence-corrected chi connectivity index (χ3v) is 3.95. The fraction of sp³-hybridized carbons (Fsp3) is 0.500. The van der Waals surface area contributed by atoms with Crippen molar-refractivity contribution in [3.8, 4) is 6.07 Å². The number of rotatable bonds is 5. The molecule has 0 radical (unpaired) electrons. The summed E-state index contributed by atoms with van der Waals surface area (Å²) in [5.74, 6) is 0.0398. The van der Waals surface area contributed by atoms with E-state index in [1.54, 1.807) is 24.1 Å². The molecule has 1 N–H and O–H groups in total. The van der Waals surface area contributed by atoms with Gasteiger partial charge < -0.3 is 14.7 Å². The van der Waals surface area contributed by atoms with E-state index in [-0.39, 0.29) is 24.7 Å². The van der Waals surface area contributed by atoms with Gasteiger partial charge in [0.1, 0.15) is 0 Å². The Balaban J connectivity index is 1.90. The lowest BCUT2D eigenvalue weighted by molar-refractivity contribution is -0.133. The van der Waals surface area contributed by atoms with E-state index in [2.05, 4.69) is 6.07 Å². The van der Waals surface area contributed by atoms with Gasteiger partial charge in [0.2, 0.25) is 5.91 Å². The van der Waals surface area contributed by atoms with Crippen LogP contribution < -0.4 is 0 Å². The van der Waals surface area contributed by atoms with Crippen LogP contribution in [-0.4, -0.2) is 48.3 Å². The number of hydrogen-bond donors (Lipinski definition) is 1. The van der Waals surface area contributed by atoms with E-state index in [9.17, 15) is 9.90 Å². The highest BCUT2D eigenvalue weighted by Gasteiger charge is 2.34.